The lowest BCUT2D eigenvalue weighted by atomic mass is 10.2. The van der Waals surface area contributed by atoms with Crippen LogP contribution in [0.5, 0.6) is 0 Å². The summed E-state index contributed by atoms with van der Waals surface area (Å²) in [5.41, 5.74) is 1.21. The minimum absolute atomic E-state index is 0.0480. The van der Waals surface area contributed by atoms with Gasteiger partial charge in [0.25, 0.3) is 0 Å². The number of ether oxygens (including phenoxy) is 3. The summed E-state index contributed by atoms with van der Waals surface area (Å²) in [5.74, 6) is 0.696. The number of anilines is 2. The molecule has 14 nitrogen and oxygen atoms in total. The highest BCUT2D eigenvalue weighted by Gasteiger charge is 2.62. The lowest BCUT2D eigenvalue weighted by molar-refractivity contribution is -0.151. The zero-order valence-corrected chi connectivity index (χ0v) is 27.6. The van der Waals surface area contributed by atoms with E-state index in [4.69, 9.17) is 24.9 Å². The van der Waals surface area contributed by atoms with Gasteiger partial charge in [-0.05, 0) is 55.7 Å². The highest BCUT2D eigenvalue weighted by molar-refractivity contribution is 5.88. The van der Waals surface area contributed by atoms with Crippen molar-refractivity contribution in [1.82, 2.24) is 34.0 Å². The van der Waals surface area contributed by atoms with Crippen LogP contribution in [0, 0.1) is 12.8 Å². The van der Waals surface area contributed by atoms with Crippen LogP contribution in [-0.2, 0) is 44.7 Å². The largest absolute Gasteiger partial charge is 0.459 e. The van der Waals surface area contributed by atoms with E-state index in [-0.39, 0.29) is 48.8 Å². The summed E-state index contributed by atoms with van der Waals surface area (Å²) < 4.78 is 53.0. The maximum Gasteiger partial charge on any atom is 0.407 e. The van der Waals surface area contributed by atoms with Crippen LogP contribution in [0.3, 0.4) is 0 Å². The molecule has 7 rings (SSSR count). The molecule has 0 bridgehead atoms. The van der Waals surface area contributed by atoms with Crippen molar-refractivity contribution in [3.05, 3.63) is 76.1 Å². The Kier molecular flexibility index (Phi) is 7.15. The van der Waals surface area contributed by atoms with E-state index >= 15 is 0 Å². The average Bonchev–Trinajstić information content (AvgIpc) is 3.34. The standard InChI is InChI=1S/C35H40N8O6/c1-20-13-28(38-27-15-25-26(17-36-27)41(3)34(46)42(25)24-12-11-23(14-24)37-33(45)48-5)39-31-30(20)40-29(19-47-4)43(31)35(16-21(35)2)32(44)49-18-22-9-7-6-8-10-22/h6-10,13,15,17,21,23-24H,11-12,14,16,18-19H2,1-5H3,(H,37,45)(H,36,38,39)/t21-,23+,24+,35-/m0/s1/i3D3,23D. The van der Waals surface area contributed by atoms with Gasteiger partial charge in [0.15, 0.2) is 5.65 Å². The number of pyridine rings is 2. The minimum atomic E-state index is -2.81. The zero-order valence-electron chi connectivity index (χ0n) is 31.6. The molecule has 49 heavy (non-hydrogen) atoms. The van der Waals surface area contributed by atoms with Gasteiger partial charge in [0, 0.05) is 36.3 Å². The molecule has 1 aromatic carbocycles. The third kappa shape index (κ3) is 5.69. The minimum Gasteiger partial charge on any atom is -0.459 e. The fourth-order valence-electron chi connectivity index (χ4n) is 6.92. The average molecular weight is 673 g/mol. The second-order valence-corrected chi connectivity index (χ2v) is 12.7. The Morgan fingerprint density at radius 3 is 2.61 bits per heavy atom. The van der Waals surface area contributed by atoms with Crippen LogP contribution in [0.2, 0.25) is 0 Å². The molecule has 0 spiro atoms. The van der Waals surface area contributed by atoms with Crippen LogP contribution in [0.1, 0.15) is 61.1 Å². The molecule has 5 aromatic rings. The van der Waals surface area contributed by atoms with Crippen molar-refractivity contribution in [1.29, 1.82) is 0 Å². The fraction of sp³-hybridized carbons (Fsp3) is 0.429. The molecular formula is C35H40N8O6. The van der Waals surface area contributed by atoms with E-state index in [1.165, 1.54) is 17.9 Å². The van der Waals surface area contributed by atoms with E-state index in [1.807, 2.05) is 48.7 Å². The highest BCUT2D eigenvalue weighted by atomic mass is 16.5. The van der Waals surface area contributed by atoms with E-state index in [9.17, 15) is 14.4 Å². The van der Waals surface area contributed by atoms with Crippen molar-refractivity contribution in [2.45, 2.75) is 70.3 Å². The number of nitrogens with one attached hydrogen (secondary N) is 2. The van der Waals surface area contributed by atoms with Crippen LogP contribution < -0.4 is 16.3 Å². The molecule has 0 radical (unpaired) electrons. The molecule has 4 aromatic heterocycles. The number of benzene rings is 1. The Bertz CT molecular complexity index is 2290. The summed E-state index contributed by atoms with van der Waals surface area (Å²) in [6.45, 7) is 1.29. The molecule has 256 valence electrons. The number of carbonyl (C=O) groups is 2. The first-order valence-electron chi connectivity index (χ1n) is 18.1. The van der Waals surface area contributed by atoms with Gasteiger partial charge in [0.1, 0.15) is 41.7 Å². The van der Waals surface area contributed by atoms with E-state index < -0.39 is 42.3 Å². The fourth-order valence-corrected chi connectivity index (χ4v) is 6.92. The molecule has 2 aliphatic carbocycles. The molecule has 4 atom stereocenters. The van der Waals surface area contributed by atoms with Crippen LogP contribution in [-0.4, -0.2) is 61.0 Å². The number of imidazole rings is 2. The van der Waals surface area contributed by atoms with Crippen molar-refractivity contribution >= 4 is 45.9 Å². The third-order valence-electron chi connectivity index (χ3n) is 9.49. The van der Waals surface area contributed by atoms with E-state index in [0.717, 1.165) is 11.1 Å². The number of amides is 1. The number of esters is 1. The number of fused-ring (bicyclic) bond motifs is 2. The Hall–Kier alpha value is -5.24. The number of rotatable bonds is 10. The number of carbonyl (C=O) groups excluding carboxylic acids is 2. The molecule has 2 saturated carbocycles. The Morgan fingerprint density at radius 2 is 1.90 bits per heavy atom. The molecular weight excluding hydrogens is 628 g/mol. The summed E-state index contributed by atoms with van der Waals surface area (Å²) >= 11 is 0. The molecule has 0 saturated heterocycles. The number of hydrogen-bond acceptors (Lipinski definition) is 10. The lowest BCUT2D eigenvalue weighted by Crippen LogP contribution is -2.33. The molecule has 2 aliphatic rings. The van der Waals surface area contributed by atoms with Gasteiger partial charge in [-0.3, -0.25) is 13.7 Å². The number of aromatic nitrogens is 6. The predicted octanol–water partition coefficient (Wildman–Crippen LogP) is 4.61. The second-order valence-electron chi connectivity index (χ2n) is 12.7. The monoisotopic (exact) mass is 672 g/mol. The maximum absolute atomic E-state index is 13.9. The Morgan fingerprint density at radius 1 is 1.10 bits per heavy atom. The van der Waals surface area contributed by atoms with Crippen molar-refractivity contribution in [3.63, 3.8) is 0 Å². The maximum atomic E-state index is 13.9. The van der Waals surface area contributed by atoms with Gasteiger partial charge in [0.2, 0.25) is 0 Å². The summed E-state index contributed by atoms with van der Waals surface area (Å²) in [7, 11) is 2.76. The zero-order chi connectivity index (χ0) is 37.9. The van der Waals surface area contributed by atoms with Gasteiger partial charge in [-0.15, -0.1) is 0 Å². The molecule has 2 N–H and O–H groups in total. The molecule has 1 amide bonds. The molecule has 0 aliphatic heterocycles. The number of hydrogen-bond donors (Lipinski definition) is 2. The molecule has 0 unspecified atom stereocenters. The Labute approximate surface area is 288 Å². The van der Waals surface area contributed by atoms with Gasteiger partial charge >= 0.3 is 17.8 Å². The summed E-state index contributed by atoms with van der Waals surface area (Å²) in [6, 6.07) is 10.8. The van der Waals surface area contributed by atoms with Gasteiger partial charge in [-0.25, -0.2) is 29.3 Å². The molecule has 14 heteroatoms. The van der Waals surface area contributed by atoms with Crippen LogP contribution in [0.15, 0.2) is 53.5 Å². The SMILES string of the molecule is [2H]C([2H])([2H])n1c(=O)n([C@@H]2CC[C@@]([2H])(NC(=O)OC)C2)c2cc(Nc3cc(C)c4nc(COC)n([C@@]5(C(=O)OCc6ccccc6)C[C@@H]5C)c4n3)ncc21. The van der Waals surface area contributed by atoms with E-state index in [1.54, 1.807) is 19.2 Å². The van der Waals surface area contributed by atoms with Gasteiger partial charge in [-0.1, -0.05) is 37.3 Å². The number of nitrogens with zero attached hydrogens (tertiary/aromatic N) is 6. The first kappa shape index (κ1) is 27.7. The van der Waals surface area contributed by atoms with E-state index in [2.05, 4.69) is 20.4 Å². The Balaban J connectivity index is 1.27. The molecule has 4 heterocycles. The van der Waals surface area contributed by atoms with Crippen molar-refractivity contribution in [2.75, 3.05) is 19.5 Å². The lowest BCUT2D eigenvalue weighted by Gasteiger charge is -2.21. The third-order valence-corrected chi connectivity index (χ3v) is 9.49. The van der Waals surface area contributed by atoms with E-state index in [0.29, 0.717) is 40.2 Å². The summed E-state index contributed by atoms with van der Waals surface area (Å²) in [5, 5.41) is 5.73. The van der Waals surface area contributed by atoms with Crippen molar-refractivity contribution < 1.29 is 29.3 Å². The number of aryl methyl sites for hydroxylation is 2. The summed E-state index contributed by atoms with van der Waals surface area (Å²) in [6.07, 6.45) is 1.66. The normalized spacial score (nSPS) is 24.6. The summed E-state index contributed by atoms with van der Waals surface area (Å²) in [4.78, 5) is 53.8. The van der Waals surface area contributed by atoms with Gasteiger partial charge in [0.05, 0.1) is 25.7 Å². The number of alkyl carbamates (subject to hydrolysis) is 1. The first-order valence-corrected chi connectivity index (χ1v) is 16.1. The van der Waals surface area contributed by atoms with Crippen LogP contribution >= 0.6 is 0 Å². The van der Waals surface area contributed by atoms with Crippen LogP contribution in [0.25, 0.3) is 22.2 Å². The topological polar surface area (TPSA) is 156 Å². The quantitative estimate of drug-likeness (QED) is 0.201. The smallest absolute Gasteiger partial charge is 0.407 e. The second kappa shape index (κ2) is 12.7. The van der Waals surface area contributed by atoms with Gasteiger partial charge in [-0.2, -0.15) is 0 Å². The molecule has 2 fully saturated rings. The van der Waals surface area contributed by atoms with Crippen molar-refractivity contribution in [2.24, 2.45) is 12.9 Å². The van der Waals surface area contributed by atoms with Crippen LogP contribution in [0.4, 0.5) is 16.4 Å². The van der Waals surface area contributed by atoms with Gasteiger partial charge < -0.3 is 24.8 Å². The van der Waals surface area contributed by atoms with Crippen molar-refractivity contribution in [3.8, 4) is 0 Å². The predicted molar refractivity (Wildman–Crippen MR) is 181 cm³/mol. The highest BCUT2D eigenvalue weighted by Crippen LogP contribution is 2.53. The number of methoxy groups -OCH3 is 2. The first-order chi connectivity index (χ1) is 25.2.